The summed E-state index contributed by atoms with van der Waals surface area (Å²) in [5.41, 5.74) is 2.24. The molecule has 0 aromatic heterocycles. The number of hydrogen-bond acceptors (Lipinski definition) is 3. The maximum absolute atomic E-state index is 13.1. The molecule has 0 radical (unpaired) electrons. The van der Waals surface area contributed by atoms with Gasteiger partial charge in [-0.3, -0.25) is 0 Å². The smallest absolute Gasteiger partial charge is 0.308 e. The predicted octanol–water partition coefficient (Wildman–Crippen LogP) is 3.52. The molecule has 128 valence electrons. The van der Waals surface area contributed by atoms with E-state index in [1.165, 1.54) is 8.61 Å². The van der Waals surface area contributed by atoms with Crippen molar-refractivity contribution in [3.8, 4) is 5.75 Å². The lowest BCUT2D eigenvalue weighted by atomic mass is 10.1. The number of hydrogen-bond donors (Lipinski definition) is 0. The van der Waals surface area contributed by atoms with Gasteiger partial charge in [-0.2, -0.15) is 12.7 Å². The zero-order chi connectivity index (χ0) is 17.2. The molecule has 0 bridgehead atoms. The van der Waals surface area contributed by atoms with E-state index in [0.717, 1.165) is 5.56 Å². The Morgan fingerprint density at radius 1 is 1.12 bits per heavy atom. The van der Waals surface area contributed by atoms with Gasteiger partial charge < -0.3 is 4.74 Å². The highest BCUT2D eigenvalue weighted by atomic mass is 35.5. The number of fused-ring (bicyclic) bond motifs is 1. The molecule has 0 unspecified atom stereocenters. The number of nitrogens with zero attached hydrogens (tertiary/aromatic N) is 2. The second-order valence-corrected chi connectivity index (χ2v) is 7.63. The van der Waals surface area contributed by atoms with Crippen LogP contribution in [0.4, 0.5) is 11.4 Å². The molecule has 0 atom stereocenters. The highest BCUT2D eigenvalue weighted by Crippen LogP contribution is 2.38. The zero-order valence-electron chi connectivity index (χ0n) is 13.4. The topological polar surface area (TPSA) is 49.9 Å². The van der Waals surface area contributed by atoms with Gasteiger partial charge in [-0.1, -0.05) is 18.2 Å². The number of rotatable bonds is 5. The van der Waals surface area contributed by atoms with Gasteiger partial charge in [0.15, 0.2) is 0 Å². The van der Waals surface area contributed by atoms with Crippen LogP contribution in [0.2, 0.25) is 0 Å². The Morgan fingerprint density at radius 3 is 2.50 bits per heavy atom. The molecule has 0 saturated carbocycles. The maximum Gasteiger partial charge on any atom is 0.308 e. The van der Waals surface area contributed by atoms with Gasteiger partial charge >= 0.3 is 10.2 Å². The molecule has 0 spiro atoms. The third-order valence-corrected chi connectivity index (χ3v) is 6.06. The molecule has 0 amide bonds. The molecular weight excluding hydrogens is 348 g/mol. The van der Waals surface area contributed by atoms with Crippen molar-refractivity contribution in [2.45, 2.75) is 13.0 Å². The second kappa shape index (κ2) is 7.01. The van der Waals surface area contributed by atoms with E-state index in [9.17, 15) is 8.42 Å². The number of alkyl halides is 1. The molecular formula is C17H19ClN2O3S. The van der Waals surface area contributed by atoms with Gasteiger partial charge in [-0.05, 0) is 42.3 Å². The molecule has 1 aliphatic rings. The van der Waals surface area contributed by atoms with E-state index in [2.05, 4.69) is 0 Å². The molecule has 0 fully saturated rings. The summed E-state index contributed by atoms with van der Waals surface area (Å²) >= 11 is 5.75. The minimum absolute atomic E-state index is 0.363. The Morgan fingerprint density at radius 2 is 1.83 bits per heavy atom. The first-order valence-corrected chi connectivity index (χ1v) is 9.59. The summed E-state index contributed by atoms with van der Waals surface area (Å²) in [7, 11) is -2.08. The third kappa shape index (κ3) is 3.09. The lowest BCUT2D eigenvalue weighted by molar-refractivity contribution is 0.400. The van der Waals surface area contributed by atoms with Crippen LogP contribution in [0.3, 0.4) is 0 Å². The summed E-state index contributed by atoms with van der Waals surface area (Å²) in [6.45, 7) is 0.759. The Bertz CT molecular complexity index is 809. The lowest BCUT2D eigenvalue weighted by Crippen LogP contribution is -2.45. The highest BCUT2D eigenvalue weighted by Gasteiger charge is 2.37. The molecule has 0 aliphatic carbocycles. The van der Waals surface area contributed by atoms with Crippen LogP contribution in [0.15, 0.2) is 48.5 Å². The normalized spacial score (nSPS) is 16.7. The number of halogens is 1. The van der Waals surface area contributed by atoms with Crippen LogP contribution in [0.5, 0.6) is 5.75 Å². The number of ether oxygens (including phenoxy) is 1. The lowest BCUT2D eigenvalue weighted by Gasteiger charge is -2.37. The standard InChI is InChI=1S/C17H19ClN2O3S/c1-23-16-9-7-15(8-10-16)20-17-6-3-2-5-14(17)13-19(12-4-11-18)24(20,21)22/h2-3,5-10H,4,11-13H2,1H3. The molecule has 3 rings (SSSR count). The van der Waals surface area contributed by atoms with Gasteiger partial charge in [0.25, 0.3) is 0 Å². The molecule has 1 aliphatic heterocycles. The number of anilines is 2. The fraction of sp³-hybridized carbons (Fsp3) is 0.294. The van der Waals surface area contributed by atoms with E-state index in [1.54, 1.807) is 31.4 Å². The van der Waals surface area contributed by atoms with Gasteiger partial charge in [0, 0.05) is 19.0 Å². The van der Waals surface area contributed by atoms with Gasteiger partial charge in [0.1, 0.15) is 5.75 Å². The number of benzene rings is 2. The SMILES string of the molecule is COc1ccc(N2c3ccccc3CN(CCCCl)S2(=O)=O)cc1. The van der Waals surface area contributed by atoms with Crippen molar-refractivity contribution in [1.29, 1.82) is 0 Å². The van der Waals surface area contributed by atoms with Crippen molar-refractivity contribution in [2.24, 2.45) is 0 Å². The van der Waals surface area contributed by atoms with E-state index >= 15 is 0 Å². The van der Waals surface area contributed by atoms with Gasteiger partial charge in [0.2, 0.25) is 0 Å². The highest BCUT2D eigenvalue weighted by molar-refractivity contribution is 7.90. The number of methoxy groups -OCH3 is 1. The first kappa shape index (κ1) is 17.1. The summed E-state index contributed by atoms with van der Waals surface area (Å²) in [4.78, 5) is 0. The summed E-state index contributed by atoms with van der Waals surface area (Å²) in [5.74, 6) is 1.11. The van der Waals surface area contributed by atoms with Crippen molar-refractivity contribution >= 4 is 33.2 Å². The van der Waals surface area contributed by atoms with Crippen molar-refractivity contribution < 1.29 is 13.2 Å². The zero-order valence-corrected chi connectivity index (χ0v) is 14.9. The van der Waals surface area contributed by atoms with E-state index in [-0.39, 0.29) is 0 Å². The third-order valence-electron chi connectivity index (χ3n) is 3.96. The fourth-order valence-electron chi connectivity index (χ4n) is 2.77. The van der Waals surface area contributed by atoms with Crippen LogP contribution in [0, 0.1) is 0 Å². The average molecular weight is 367 g/mol. The quantitative estimate of drug-likeness (QED) is 0.761. The number of para-hydroxylation sites is 1. The molecule has 5 nitrogen and oxygen atoms in total. The summed E-state index contributed by atoms with van der Waals surface area (Å²) in [5, 5.41) is 0. The average Bonchev–Trinajstić information content (AvgIpc) is 2.60. The fourth-order valence-corrected chi connectivity index (χ4v) is 4.60. The molecule has 2 aromatic rings. The van der Waals surface area contributed by atoms with Gasteiger partial charge in [-0.25, -0.2) is 4.31 Å². The van der Waals surface area contributed by atoms with Crippen LogP contribution in [-0.2, 0) is 16.8 Å². The monoisotopic (exact) mass is 366 g/mol. The Hall–Kier alpha value is -1.76. The summed E-state index contributed by atoms with van der Waals surface area (Å²) in [6, 6.07) is 14.6. The van der Waals surface area contributed by atoms with Crippen molar-refractivity contribution in [3.05, 3.63) is 54.1 Å². The van der Waals surface area contributed by atoms with Crippen LogP contribution in [0.1, 0.15) is 12.0 Å². The van der Waals surface area contributed by atoms with Crippen molar-refractivity contribution in [1.82, 2.24) is 4.31 Å². The molecule has 2 aromatic carbocycles. The first-order chi connectivity index (χ1) is 11.6. The second-order valence-electron chi connectivity index (χ2n) is 5.48. The van der Waals surface area contributed by atoms with Crippen LogP contribution < -0.4 is 9.04 Å². The largest absolute Gasteiger partial charge is 0.497 e. The van der Waals surface area contributed by atoms with Crippen LogP contribution in [0.25, 0.3) is 0 Å². The van der Waals surface area contributed by atoms with Gasteiger partial charge in [-0.15, -0.1) is 11.6 Å². The minimum atomic E-state index is -3.66. The summed E-state index contributed by atoms with van der Waals surface area (Å²) in [6.07, 6.45) is 0.611. The van der Waals surface area contributed by atoms with E-state index < -0.39 is 10.2 Å². The van der Waals surface area contributed by atoms with Crippen LogP contribution in [-0.4, -0.2) is 32.3 Å². The predicted molar refractivity (Wildman–Crippen MR) is 96.2 cm³/mol. The summed E-state index contributed by atoms with van der Waals surface area (Å²) < 4.78 is 34.2. The van der Waals surface area contributed by atoms with Gasteiger partial charge in [0.05, 0.1) is 18.5 Å². The molecule has 0 N–H and O–H groups in total. The first-order valence-electron chi connectivity index (χ1n) is 7.66. The Balaban J connectivity index is 2.09. The van der Waals surface area contributed by atoms with Crippen LogP contribution >= 0.6 is 11.6 Å². The molecule has 0 saturated heterocycles. The van der Waals surface area contributed by atoms with E-state index in [1.807, 2.05) is 24.3 Å². The van der Waals surface area contributed by atoms with Crippen molar-refractivity contribution in [2.75, 3.05) is 23.8 Å². The van der Waals surface area contributed by atoms with E-state index in [4.69, 9.17) is 16.3 Å². The Kier molecular flexibility index (Phi) is 4.99. The van der Waals surface area contributed by atoms with E-state index in [0.29, 0.717) is 42.5 Å². The molecule has 1 heterocycles. The molecule has 24 heavy (non-hydrogen) atoms. The molecule has 7 heteroatoms. The Labute approximate surface area is 147 Å². The minimum Gasteiger partial charge on any atom is -0.497 e. The maximum atomic E-state index is 13.1. The van der Waals surface area contributed by atoms with Crippen molar-refractivity contribution in [3.63, 3.8) is 0 Å².